The van der Waals surface area contributed by atoms with Gasteiger partial charge in [0.1, 0.15) is 16.8 Å². The van der Waals surface area contributed by atoms with Crippen molar-refractivity contribution in [2.75, 3.05) is 13.7 Å². The molecule has 5 heteroatoms. The first-order valence-electron chi connectivity index (χ1n) is 4.09. The maximum Gasteiger partial charge on any atom is 0.151 e. The molecule has 1 aliphatic rings. The first-order valence-corrected chi connectivity index (χ1v) is 5.68. The molecule has 1 aliphatic heterocycles. The molecule has 0 fully saturated rings. The van der Waals surface area contributed by atoms with E-state index < -0.39 is 0 Å². The zero-order valence-corrected chi connectivity index (χ0v) is 10.7. The van der Waals surface area contributed by atoms with Crippen molar-refractivity contribution in [3.8, 4) is 11.5 Å². The van der Waals surface area contributed by atoms with Crippen molar-refractivity contribution in [2.24, 2.45) is 5.73 Å². The molecule has 14 heavy (non-hydrogen) atoms. The number of fused-ring (bicyclic) bond motifs is 1. The Morgan fingerprint density at radius 1 is 1.57 bits per heavy atom. The Morgan fingerprint density at radius 3 is 2.93 bits per heavy atom. The van der Waals surface area contributed by atoms with Gasteiger partial charge >= 0.3 is 0 Å². The van der Waals surface area contributed by atoms with E-state index in [4.69, 9.17) is 15.2 Å². The molecule has 0 radical (unpaired) electrons. The SMILES string of the molecule is COc1c(Br)cc2c(c1Br)OCC2N. The van der Waals surface area contributed by atoms with Crippen LogP contribution in [0.5, 0.6) is 11.5 Å². The van der Waals surface area contributed by atoms with Crippen LogP contribution in [-0.2, 0) is 0 Å². The first kappa shape index (κ1) is 10.3. The predicted molar refractivity (Wildman–Crippen MR) is 60.8 cm³/mol. The summed E-state index contributed by atoms with van der Waals surface area (Å²) >= 11 is 6.86. The van der Waals surface area contributed by atoms with Gasteiger partial charge in [0.05, 0.1) is 17.6 Å². The molecule has 1 aromatic carbocycles. The van der Waals surface area contributed by atoms with Gasteiger partial charge in [-0.2, -0.15) is 0 Å². The van der Waals surface area contributed by atoms with Crippen molar-refractivity contribution in [1.29, 1.82) is 0 Å². The van der Waals surface area contributed by atoms with E-state index in [0.29, 0.717) is 6.61 Å². The Bertz CT molecular complexity index is 382. The highest BCUT2D eigenvalue weighted by Crippen LogP contribution is 2.46. The maximum atomic E-state index is 5.87. The van der Waals surface area contributed by atoms with Gasteiger partial charge in [0, 0.05) is 5.56 Å². The van der Waals surface area contributed by atoms with Crippen LogP contribution in [0.4, 0.5) is 0 Å². The van der Waals surface area contributed by atoms with Gasteiger partial charge < -0.3 is 15.2 Å². The van der Waals surface area contributed by atoms with E-state index in [1.165, 1.54) is 0 Å². The van der Waals surface area contributed by atoms with Crippen molar-refractivity contribution >= 4 is 31.9 Å². The second kappa shape index (κ2) is 3.72. The minimum Gasteiger partial charge on any atom is -0.494 e. The third-order valence-corrected chi connectivity index (χ3v) is 3.48. The first-order chi connectivity index (χ1) is 6.65. The molecule has 2 rings (SSSR count). The Hall–Kier alpha value is -0.260. The zero-order valence-electron chi connectivity index (χ0n) is 7.51. The van der Waals surface area contributed by atoms with Crippen LogP contribution in [0.25, 0.3) is 0 Å². The summed E-state index contributed by atoms with van der Waals surface area (Å²) in [6, 6.07) is 1.89. The number of rotatable bonds is 1. The van der Waals surface area contributed by atoms with E-state index in [9.17, 15) is 0 Å². The van der Waals surface area contributed by atoms with E-state index in [2.05, 4.69) is 31.9 Å². The Labute approximate surface area is 98.8 Å². The molecular formula is C9H9Br2NO2. The number of nitrogens with two attached hydrogens (primary N) is 1. The minimum absolute atomic E-state index is 0.0523. The number of hydrogen-bond acceptors (Lipinski definition) is 3. The quantitative estimate of drug-likeness (QED) is 0.864. The molecule has 1 atom stereocenters. The van der Waals surface area contributed by atoms with E-state index in [-0.39, 0.29) is 6.04 Å². The van der Waals surface area contributed by atoms with E-state index in [1.54, 1.807) is 7.11 Å². The number of benzene rings is 1. The topological polar surface area (TPSA) is 44.5 Å². The summed E-state index contributed by atoms with van der Waals surface area (Å²) in [7, 11) is 1.62. The predicted octanol–water partition coefficient (Wildman–Crippen LogP) is 2.61. The molecule has 0 aliphatic carbocycles. The molecule has 0 amide bonds. The van der Waals surface area contributed by atoms with Crippen LogP contribution >= 0.6 is 31.9 Å². The molecule has 1 aromatic rings. The molecule has 1 unspecified atom stereocenters. The molecule has 0 aromatic heterocycles. The average Bonchev–Trinajstić information content (AvgIpc) is 2.49. The van der Waals surface area contributed by atoms with Crippen LogP contribution in [0.3, 0.4) is 0 Å². The summed E-state index contributed by atoms with van der Waals surface area (Å²) in [5.41, 5.74) is 6.87. The summed E-state index contributed by atoms with van der Waals surface area (Å²) in [6.07, 6.45) is 0. The minimum atomic E-state index is -0.0523. The summed E-state index contributed by atoms with van der Waals surface area (Å²) in [5.74, 6) is 1.52. The largest absolute Gasteiger partial charge is 0.494 e. The third-order valence-electron chi connectivity index (χ3n) is 2.17. The van der Waals surface area contributed by atoms with Crippen LogP contribution in [0.2, 0.25) is 0 Å². The van der Waals surface area contributed by atoms with Crippen molar-refractivity contribution in [2.45, 2.75) is 6.04 Å². The molecule has 0 saturated heterocycles. The second-order valence-corrected chi connectivity index (χ2v) is 4.69. The van der Waals surface area contributed by atoms with Crippen LogP contribution < -0.4 is 15.2 Å². The molecule has 3 nitrogen and oxygen atoms in total. The Kier molecular flexibility index (Phi) is 2.72. The van der Waals surface area contributed by atoms with E-state index in [0.717, 1.165) is 26.0 Å². The lowest BCUT2D eigenvalue weighted by molar-refractivity contribution is 0.328. The molecule has 2 N–H and O–H groups in total. The van der Waals surface area contributed by atoms with Crippen LogP contribution in [0.1, 0.15) is 11.6 Å². The molecule has 1 heterocycles. The van der Waals surface area contributed by atoms with Gasteiger partial charge in [-0.1, -0.05) is 0 Å². The van der Waals surface area contributed by atoms with Crippen LogP contribution in [-0.4, -0.2) is 13.7 Å². The Balaban J connectivity index is 2.63. The van der Waals surface area contributed by atoms with Gasteiger partial charge in [0.15, 0.2) is 5.75 Å². The molecule has 0 saturated carbocycles. The van der Waals surface area contributed by atoms with E-state index in [1.807, 2.05) is 6.07 Å². The van der Waals surface area contributed by atoms with E-state index >= 15 is 0 Å². The van der Waals surface area contributed by atoms with Crippen LogP contribution in [0, 0.1) is 0 Å². The Morgan fingerprint density at radius 2 is 2.29 bits per heavy atom. The van der Waals surface area contributed by atoms with Gasteiger partial charge in [-0.3, -0.25) is 0 Å². The monoisotopic (exact) mass is 321 g/mol. The highest BCUT2D eigenvalue weighted by Gasteiger charge is 2.26. The van der Waals surface area contributed by atoms with Gasteiger partial charge in [-0.05, 0) is 37.9 Å². The summed E-state index contributed by atoms with van der Waals surface area (Å²) in [6.45, 7) is 0.521. The summed E-state index contributed by atoms with van der Waals surface area (Å²) in [5, 5.41) is 0. The number of hydrogen-bond donors (Lipinski definition) is 1. The van der Waals surface area contributed by atoms with Gasteiger partial charge in [-0.15, -0.1) is 0 Å². The number of halogens is 2. The number of methoxy groups -OCH3 is 1. The molecule has 76 valence electrons. The molecule has 0 bridgehead atoms. The normalized spacial score (nSPS) is 19.0. The van der Waals surface area contributed by atoms with Crippen LogP contribution in [0.15, 0.2) is 15.0 Å². The lowest BCUT2D eigenvalue weighted by atomic mass is 10.1. The van der Waals surface area contributed by atoms with Gasteiger partial charge in [0.25, 0.3) is 0 Å². The number of ether oxygens (including phenoxy) is 2. The lowest BCUT2D eigenvalue weighted by Gasteiger charge is -2.10. The maximum absolute atomic E-state index is 5.87. The molecular weight excluding hydrogens is 314 g/mol. The highest BCUT2D eigenvalue weighted by atomic mass is 79.9. The fraction of sp³-hybridized carbons (Fsp3) is 0.333. The standard InChI is InChI=1S/C9H9Br2NO2/c1-13-9-5(10)2-4-6(12)3-14-8(4)7(9)11/h2,6H,3,12H2,1H3. The molecule has 0 spiro atoms. The van der Waals surface area contributed by atoms with Crippen molar-refractivity contribution in [1.82, 2.24) is 0 Å². The van der Waals surface area contributed by atoms with Crippen molar-refractivity contribution in [3.63, 3.8) is 0 Å². The highest BCUT2D eigenvalue weighted by molar-refractivity contribution is 9.11. The lowest BCUT2D eigenvalue weighted by Crippen LogP contribution is -2.10. The van der Waals surface area contributed by atoms with Gasteiger partial charge in [0.2, 0.25) is 0 Å². The second-order valence-electron chi connectivity index (χ2n) is 3.04. The fourth-order valence-corrected chi connectivity index (χ4v) is 3.07. The van der Waals surface area contributed by atoms with Gasteiger partial charge in [-0.25, -0.2) is 0 Å². The zero-order chi connectivity index (χ0) is 10.3. The van der Waals surface area contributed by atoms with Crippen molar-refractivity contribution in [3.05, 3.63) is 20.6 Å². The van der Waals surface area contributed by atoms with Crippen molar-refractivity contribution < 1.29 is 9.47 Å². The summed E-state index contributed by atoms with van der Waals surface area (Å²) < 4.78 is 12.4. The average molecular weight is 323 g/mol. The summed E-state index contributed by atoms with van der Waals surface area (Å²) in [4.78, 5) is 0. The smallest absolute Gasteiger partial charge is 0.151 e. The third kappa shape index (κ3) is 1.43. The fourth-order valence-electron chi connectivity index (χ4n) is 1.47.